The number of allylic oxidation sites excluding steroid dienone is 1. The maximum absolute atomic E-state index is 13.0. The second kappa shape index (κ2) is 12.8. The van der Waals surface area contributed by atoms with Crippen molar-refractivity contribution in [2.24, 2.45) is 11.3 Å². The van der Waals surface area contributed by atoms with Crippen molar-refractivity contribution in [3.05, 3.63) is 63.3 Å². The molecule has 0 aliphatic heterocycles. The van der Waals surface area contributed by atoms with Gasteiger partial charge in [-0.3, -0.25) is 9.36 Å². The largest absolute Gasteiger partial charge is 0.481 e. The molecule has 1 aliphatic rings. The lowest BCUT2D eigenvalue weighted by Gasteiger charge is -2.36. The number of thioether (sulfide) groups is 1. The first-order chi connectivity index (χ1) is 19.1. The molecule has 0 saturated carbocycles. The van der Waals surface area contributed by atoms with Gasteiger partial charge in [-0.1, -0.05) is 62.7 Å². The monoisotopic (exact) mass is 597 g/mol. The third-order valence-corrected chi connectivity index (χ3v) is 10.2. The molecule has 3 aromatic rings. The number of nitriles is 1. The van der Waals surface area contributed by atoms with Crippen LogP contribution in [0.2, 0.25) is 5.02 Å². The molecule has 4 rings (SSSR count). The number of carbonyl (C=O) groups excluding carboxylic acids is 1. The van der Waals surface area contributed by atoms with Crippen LogP contribution in [0.5, 0.6) is 5.75 Å². The summed E-state index contributed by atoms with van der Waals surface area (Å²) >= 11 is 9.16. The highest BCUT2D eigenvalue weighted by atomic mass is 35.5. The van der Waals surface area contributed by atoms with Gasteiger partial charge in [-0.25, -0.2) is 0 Å². The van der Waals surface area contributed by atoms with Gasteiger partial charge < -0.3 is 10.1 Å². The van der Waals surface area contributed by atoms with E-state index in [0.29, 0.717) is 44.8 Å². The number of amides is 1. The number of hydrogen-bond acceptors (Lipinski definition) is 7. The predicted molar refractivity (Wildman–Crippen MR) is 163 cm³/mol. The number of nitrogens with zero attached hydrogens (tertiary/aromatic N) is 4. The Bertz CT molecular complexity index is 1440. The van der Waals surface area contributed by atoms with Crippen LogP contribution in [0.25, 0.3) is 0 Å². The molecule has 0 fully saturated rings. The average Bonchev–Trinajstić information content (AvgIpc) is 3.49. The smallest absolute Gasteiger partial charge is 0.235 e. The molecule has 7 nitrogen and oxygen atoms in total. The first kappa shape index (κ1) is 30.2. The zero-order valence-corrected chi connectivity index (χ0v) is 26.1. The van der Waals surface area contributed by atoms with E-state index in [9.17, 15) is 10.1 Å². The molecule has 0 radical (unpaired) electrons. The van der Waals surface area contributed by atoms with E-state index in [1.165, 1.54) is 16.6 Å². The molecule has 0 spiro atoms. The van der Waals surface area contributed by atoms with E-state index >= 15 is 0 Å². The van der Waals surface area contributed by atoms with Gasteiger partial charge in [-0.15, -0.1) is 28.1 Å². The SMILES string of the molecule is C=CCn1c(SCC(=O)Nc2sc3c(c2C#N)CCC(C(C)(C)CC)C3)nnc1C(C)Oc1cc(C)ccc1Cl. The maximum Gasteiger partial charge on any atom is 0.235 e. The number of anilines is 1. The standard InChI is InChI=1S/C30H36ClN5O2S2/c1-7-13-36-27(19(4)38-24-14-18(3)9-12-23(24)31)34-35-29(36)39-17-26(37)33-28-22(16-32)21-11-10-20(15-25(21)40-28)30(5,6)8-2/h7,9,12,14,19-20H,1,8,10-11,13,15,17H2,2-6H3,(H,33,37). The van der Waals surface area contributed by atoms with Crippen LogP contribution in [-0.2, 0) is 24.2 Å². The van der Waals surface area contributed by atoms with Crippen LogP contribution in [0.1, 0.15) is 74.0 Å². The second-order valence-electron chi connectivity index (χ2n) is 10.9. The summed E-state index contributed by atoms with van der Waals surface area (Å²) in [5.74, 6) is 1.71. The Labute approximate surface area is 250 Å². The lowest BCUT2D eigenvalue weighted by atomic mass is 9.69. The molecule has 1 N–H and O–H groups in total. The van der Waals surface area contributed by atoms with Gasteiger partial charge in [0.1, 0.15) is 16.8 Å². The number of fused-ring (bicyclic) bond motifs is 1. The molecule has 2 unspecified atom stereocenters. The molecular formula is C30H36ClN5O2S2. The lowest BCUT2D eigenvalue weighted by molar-refractivity contribution is -0.113. The van der Waals surface area contributed by atoms with Crippen LogP contribution in [0.3, 0.4) is 0 Å². The number of halogens is 1. The number of benzene rings is 1. The molecule has 2 aromatic heterocycles. The van der Waals surface area contributed by atoms with Crippen molar-refractivity contribution in [1.82, 2.24) is 14.8 Å². The molecule has 0 saturated heterocycles. The molecule has 10 heteroatoms. The van der Waals surface area contributed by atoms with Gasteiger partial charge >= 0.3 is 0 Å². The summed E-state index contributed by atoms with van der Waals surface area (Å²) in [6, 6.07) is 7.96. The fraction of sp³-hybridized carbons (Fsp3) is 0.467. The summed E-state index contributed by atoms with van der Waals surface area (Å²) in [6.07, 6.45) is 5.37. The van der Waals surface area contributed by atoms with E-state index in [1.807, 2.05) is 30.5 Å². The minimum absolute atomic E-state index is 0.132. The Kier molecular flexibility index (Phi) is 9.65. The van der Waals surface area contributed by atoms with Gasteiger partial charge in [-0.05, 0) is 67.7 Å². The number of nitrogens with one attached hydrogen (secondary N) is 1. The second-order valence-corrected chi connectivity index (χ2v) is 13.3. The number of aryl methyl sites for hydroxylation is 1. The van der Waals surface area contributed by atoms with Crippen molar-refractivity contribution >= 4 is 45.6 Å². The van der Waals surface area contributed by atoms with Gasteiger partial charge in [0.2, 0.25) is 5.91 Å². The van der Waals surface area contributed by atoms with Gasteiger partial charge in [0.25, 0.3) is 0 Å². The summed E-state index contributed by atoms with van der Waals surface area (Å²) in [5, 5.41) is 23.3. The van der Waals surface area contributed by atoms with Crippen molar-refractivity contribution < 1.29 is 9.53 Å². The predicted octanol–water partition coefficient (Wildman–Crippen LogP) is 7.77. The molecule has 2 heterocycles. The van der Waals surface area contributed by atoms with Crippen LogP contribution in [0.4, 0.5) is 5.00 Å². The average molecular weight is 598 g/mol. The van der Waals surface area contributed by atoms with Crippen molar-refractivity contribution in [2.45, 2.75) is 78.1 Å². The van der Waals surface area contributed by atoms with Gasteiger partial charge in [0.15, 0.2) is 17.1 Å². The summed E-state index contributed by atoms with van der Waals surface area (Å²) in [7, 11) is 0. The van der Waals surface area contributed by atoms with E-state index in [2.05, 4.69) is 48.9 Å². The topological polar surface area (TPSA) is 92.8 Å². The van der Waals surface area contributed by atoms with Crippen LogP contribution in [0.15, 0.2) is 36.0 Å². The van der Waals surface area contributed by atoms with Crippen molar-refractivity contribution in [3.63, 3.8) is 0 Å². The molecule has 2 atom stereocenters. The van der Waals surface area contributed by atoms with Gasteiger partial charge in [0, 0.05) is 11.4 Å². The normalized spacial score (nSPS) is 15.7. The summed E-state index contributed by atoms with van der Waals surface area (Å²) in [4.78, 5) is 14.2. The third kappa shape index (κ3) is 6.56. The highest BCUT2D eigenvalue weighted by Crippen LogP contribution is 2.45. The zero-order valence-electron chi connectivity index (χ0n) is 23.7. The molecule has 40 heavy (non-hydrogen) atoms. The Morgan fingerprint density at radius 3 is 2.92 bits per heavy atom. The minimum atomic E-state index is -0.424. The summed E-state index contributed by atoms with van der Waals surface area (Å²) < 4.78 is 8.00. The summed E-state index contributed by atoms with van der Waals surface area (Å²) in [6.45, 7) is 15.1. The quantitative estimate of drug-likeness (QED) is 0.179. The molecule has 1 aromatic carbocycles. The van der Waals surface area contributed by atoms with E-state index in [4.69, 9.17) is 16.3 Å². The number of carbonyl (C=O) groups is 1. The van der Waals surface area contributed by atoms with Crippen molar-refractivity contribution in [3.8, 4) is 11.8 Å². The van der Waals surface area contributed by atoms with Gasteiger partial charge in [-0.2, -0.15) is 5.26 Å². The van der Waals surface area contributed by atoms with Crippen molar-refractivity contribution in [2.75, 3.05) is 11.1 Å². The lowest BCUT2D eigenvalue weighted by Crippen LogP contribution is -2.28. The first-order valence-corrected chi connectivity index (χ1v) is 15.7. The van der Waals surface area contributed by atoms with Crippen LogP contribution in [0, 0.1) is 29.6 Å². The van der Waals surface area contributed by atoms with E-state index in [0.717, 1.165) is 36.8 Å². The fourth-order valence-electron chi connectivity index (χ4n) is 4.99. The highest BCUT2D eigenvalue weighted by molar-refractivity contribution is 7.99. The molecular weight excluding hydrogens is 562 g/mol. The molecule has 212 valence electrons. The van der Waals surface area contributed by atoms with Crippen LogP contribution in [-0.4, -0.2) is 26.4 Å². The van der Waals surface area contributed by atoms with Gasteiger partial charge in [0.05, 0.1) is 16.3 Å². The van der Waals surface area contributed by atoms with E-state index in [-0.39, 0.29) is 17.1 Å². The maximum atomic E-state index is 13.0. The molecule has 0 bridgehead atoms. The van der Waals surface area contributed by atoms with Crippen molar-refractivity contribution in [1.29, 1.82) is 5.26 Å². The van der Waals surface area contributed by atoms with E-state index < -0.39 is 6.10 Å². The number of thiophene rings is 1. The fourth-order valence-corrected chi connectivity index (χ4v) is 7.20. The van der Waals surface area contributed by atoms with E-state index in [1.54, 1.807) is 23.5 Å². The third-order valence-electron chi connectivity index (χ3n) is 7.79. The molecule has 1 aliphatic carbocycles. The Balaban J connectivity index is 1.44. The molecule has 1 amide bonds. The number of ether oxygens (including phenoxy) is 1. The Hall–Kier alpha value is -2.80. The number of rotatable bonds is 11. The van der Waals surface area contributed by atoms with Crippen LogP contribution < -0.4 is 10.1 Å². The number of hydrogen-bond donors (Lipinski definition) is 1. The minimum Gasteiger partial charge on any atom is -0.481 e. The Morgan fingerprint density at radius 2 is 2.23 bits per heavy atom. The first-order valence-electron chi connectivity index (χ1n) is 13.5. The Morgan fingerprint density at radius 1 is 1.45 bits per heavy atom. The summed E-state index contributed by atoms with van der Waals surface area (Å²) in [5.41, 5.74) is 3.02. The highest BCUT2D eigenvalue weighted by Gasteiger charge is 2.34. The number of aromatic nitrogens is 3. The zero-order chi connectivity index (χ0) is 29.0. The van der Waals surface area contributed by atoms with Crippen LogP contribution >= 0.6 is 34.7 Å².